The number of hydrogen-bond donors (Lipinski definition) is 1. The molecule has 1 aliphatic heterocycles. The van der Waals surface area contributed by atoms with Crippen molar-refractivity contribution in [1.82, 2.24) is 9.80 Å². The van der Waals surface area contributed by atoms with Crippen molar-refractivity contribution in [1.29, 1.82) is 0 Å². The molecule has 0 bridgehead atoms. The van der Waals surface area contributed by atoms with Crippen molar-refractivity contribution in [2.45, 2.75) is 57.5 Å². The van der Waals surface area contributed by atoms with Crippen LogP contribution >= 0.6 is 0 Å². The Hall–Kier alpha value is -0.120. The van der Waals surface area contributed by atoms with Gasteiger partial charge in [-0.1, -0.05) is 32.6 Å². The summed E-state index contributed by atoms with van der Waals surface area (Å²) in [7, 11) is 2.25. The summed E-state index contributed by atoms with van der Waals surface area (Å²) in [6, 6.07) is 1.37. The normalized spacial score (nSPS) is 34.2. The van der Waals surface area contributed by atoms with E-state index in [9.17, 15) is 0 Å². The maximum atomic E-state index is 6.05. The molecule has 18 heavy (non-hydrogen) atoms. The molecule has 0 radical (unpaired) electrons. The lowest BCUT2D eigenvalue weighted by atomic mass is 10.0. The molecule has 1 aliphatic carbocycles. The third-order valence-electron chi connectivity index (χ3n) is 4.70. The van der Waals surface area contributed by atoms with E-state index in [1.807, 2.05) is 0 Å². The van der Waals surface area contributed by atoms with Gasteiger partial charge in [-0.15, -0.1) is 0 Å². The first-order valence-electron chi connectivity index (χ1n) is 7.85. The molecule has 2 aliphatic rings. The summed E-state index contributed by atoms with van der Waals surface area (Å²) in [6.07, 6.45) is 8.51. The lowest BCUT2D eigenvalue weighted by Gasteiger charge is -2.37. The third kappa shape index (κ3) is 3.69. The van der Waals surface area contributed by atoms with Crippen LogP contribution in [-0.4, -0.2) is 55.1 Å². The van der Waals surface area contributed by atoms with E-state index in [2.05, 4.69) is 23.8 Å². The quantitative estimate of drug-likeness (QED) is 0.763. The lowest BCUT2D eigenvalue weighted by molar-refractivity contribution is 0.116. The minimum atomic E-state index is 0.572. The maximum Gasteiger partial charge on any atom is 0.0348 e. The smallest absolute Gasteiger partial charge is 0.0348 e. The Kier molecular flexibility index (Phi) is 5.46. The molecule has 0 aromatic heterocycles. The van der Waals surface area contributed by atoms with Crippen LogP contribution in [0.2, 0.25) is 0 Å². The number of rotatable bonds is 2. The van der Waals surface area contributed by atoms with Crippen LogP contribution in [0, 0.1) is 5.92 Å². The van der Waals surface area contributed by atoms with E-state index in [0.717, 1.165) is 25.0 Å². The molecule has 106 valence electrons. The zero-order valence-corrected chi connectivity index (χ0v) is 12.3. The Labute approximate surface area is 113 Å². The van der Waals surface area contributed by atoms with Crippen molar-refractivity contribution in [3.05, 3.63) is 0 Å². The molecule has 2 N–H and O–H groups in total. The second kappa shape index (κ2) is 6.88. The van der Waals surface area contributed by atoms with Crippen molar-refractivity contribution < 1.29 is 0 Å². The highest BCUT2D eigenvalue weighted by molar-refractivity contribution is 4.87. The molecule has 0 amide bonds. The highest BCUT2D eigenvalue weighted by Crippen LogP contribution is 2.26. The Bertz CT molecular complexity index is 236. The van der Waals surface area contributed by atoms with E-state index >= 15 is 0 Å². The van der Waals surface area contributed by atoms with Crippen LogP contribution in [0.5, 0.6) is 0 Å². The molecule has 0 spiro atoms. The zero-order chi connectivity index (χ0) is 13.0. The zero-order valence-electron chi connectivity index (χ0n) is 12.3. The van der Waals surface area contributed by atoms with Gasteiger partial charge in [-0.2, -0.15) is 0 Å². The Morgan fingerprint density at radius 2 is 1.67 bits per heavy atom. The molecule has 1 saturated carbocycles. The first kappa shape index (κ1) is 14.3. The Morgan fingerprint density at radius 1 is 1.00 bits per heavy atom. The molecule has 2 fully saturated rings. The van der Waals surface area contributed by atoms with Crippen LogP contribution in [0.1, 0.15) is 45.4 Å². The fourth-order valence-electron chi connectivity index (χ4n) is 3.88. The van der Waals surface area contributed by atoms with Gasteiger partial charge in [0.2, 0.25) is 0 Å². The summed E-state index contributed by atoms with van der Waals surface area (Å²) in [5.41, 5.74) is 6.05. The maximum absolute atomic E-state index is 6.05. The molecule has 1 saturated heterocycles. The SMILES string of the molecule is CC1CN(C)CC(CN)N(C2CCCCCC2)C1. The largest absolute Gasteiger partial charge is 0.329 e. The Morgan fingerprint density at radius 3 is 2.28 bits per heavy atom. The van der Waals surface area contributed by atoms with Crippen LogP contribution in [0.3, 0.4) is 0 Å². The summed E-state index contributed by atoms with van der Waals surface area (Å²) in [4.78, 5) is 5.23. The Balaban J connectivity index is 2.05. The van der Waals surface area contributed by atoms with Gasteiger partial charge in [0, 0.05) is 38.3 Å². The van der Waals surface area contributed by atoms with Crippen molar-refractivity contribution in [2.24, 2.45) is 11.7 Å². The van der Waals surface area contributed by atoms with Crippen molar-refractivity contribution in [2.75, 3.05) is 33.2 Å². The summed E-state index contributed by atoms with van der Waals surface area (Å²) >= 11 is 0. The first-order chi connectivity index (χ1) is 8.70. The van der Waals surface area contributed by atoms with E-state index in [1.165, 1.54) is 51.6 Å². The van der Waals surface area contributed by atoms with Crippen LogP contribution < -0.4 is 5.73 Å². The molecule has 3 heteroatoms. The molecule has 2 atom stereocenters. The van der Waals surface area contributed by atoms with Gasteiger partial charge >= 0.3 is 0 Å². The highest BCUT2D eigenvalue weighted by atomic mass is 15.3. The number of hydrogen-bond acceptors (Lipinski definition) is 3. The summed E-state index contributed by atoms with van der Waals surface area (Å²) in [5.74, 6) is 0.773. The van der Waals surface area contributed by atoms with Gasteiger partial charge in [-0.05, 0) is 25.8 Å². The minimum absolute atomic E-state index is 0.572. The van der Waals surface area contributed by atoms with Crippen LogP contribution in [0.25, 0.3) is 0 Å². The monoisotopic (exact) mass is 253 g/mol. The molecule has 1 heterocycles. The van der Waals surface area contributed by atoms with Crippen LogP contribution in [0.4, 0.5) is 0 Å². The van der Waals surface area contributed by atoms with Gasteiger partial charge < -0.3 is 10.6 Å². The van der Waals surface area contributed by atoms with Crippen LogP contribution in [0.15, 0.2) is 0 Å². The van der Waals surface area contributed by atoms with Gasteiger partial charge in [0.15, 0.2) is 0 Å². The summed E-state index contributed by atoms with van der Waals surface area (Å²) in [5, 5.41) is 0. The van der Waals surface area contributed by atoms with Crippen molar-refractivity contribution in [3.8, 4) is 0 Å². The average Bonchev–Trinajstić information content (AvgIpc) is 2.67. The van der Waals surface area contributed by atoms with Gasteiger partial charge in [0.25, 0.3) is 0 Å². The van der Waals surface area contributed by atoms with Crippen molar-refractivity contribution >= 4 is 0 Å². The number of nitrogens with two attached hydrogens (primary N) is 1. The topological polar surface area (TPSA) is 32.5 Å². The van der Waals surface area contributed by atoms with E-state index in [4.69, 9.17) is 5.73 Å². The first-order valence-corrected chi connectivity index (χ1v) is 7.85. The lowest BCUT2D eigenvalue weighted by Crippen LogP contribution is -2.50. The van der Waals surface area contributed by atoms with E-state index in [-0.39, 0.29) is 0 Å². The third-order valence-corrected chi connectivity index (χ3v) is 4.70. The van der Waals surface area contributed by atoms with Crippen LogP contribution in [-0.2, 0) is 0 Å². The van der Waals surface area contributed by atoms with Crippen molar-refractivity contribution in [3.63, 3.8) is 0 Å². The molecule has 2 unspecified atom stereocenters. The number of likely N-dealkylation sites (N-methyl/N-ethyl adjacent to an activating group) is 1. The molecular weight excluding hydrogens is 222 g/mol. The molecule has 0 aromatic carbocycles. The standard InChI is InChI=1S/C15H31N3/c1-13-10-17(2)12-15(9-16)18(11-13)14-7-5-3-4-6-8-14/h13-15H,3-12,16H2,1-2H3. The van der Waals surface area contributed by atoms with E-state index in [1.54, 1.807) is 0 Å². The van der Waals surface area contributed by atoms with E-state index < -0.39 is 0 Å². The summed E-state index contributed by atoms with van der Waals surface area (Å²) in [6.45, 7) is 6.82. The van der Waals surface area contributed by atoms with E-state index in [0.29, 0.717) is 6.04 Å². The second-order valence-corrected chi connectivity index (χ2v) is 6.56. The van der Waals surface area contributed by atoms with Gasteiger partial charge in [-0.3, -0.25) is 4.90 Å². The van der Waals surface area contributed by atoms with Gasteiger partial charge in [0.05, 0.1) is 0 Å². The molecule has 3 nitrogen and oxygen atoms in total. The molecule has 2 rings (SSSR count). The average molecular weight is 253 g/mol. The summed E-state index contributed by atoms with van der Waals surface area (Å²) < 4.78 is 0. The predicted octanol–water partition coefficient (Wildman–Crippen LogP) is 1.92. The fraction of sp³-hybridized carbons (Fsp3) is 1.00. The highest BCUT2D eigenvalue weighted by Gasteiger charge is 2.30. The molecular formula is C15H31N3. The fourth-order valence-corrected chi connectivity index (χ4v) is 3.88. The minimum Gasteiger partial charge on any atom is -0.329 e. The second-order valence-electron chi connectivity index (χ2n) is 6.56. The number of nitrogens with zero attached hydrogens (tertiary/aromatic N) is 2. The molecule has 0 aromatic rings. The van der Waals surface area contributed by atoms with Gasteiger partial charge in [-0.25, -0.2) is 0 Å². The predicted molar refractivity (Wildman–Crippen MR) is 77.7 cm³/mol. The van der Waals surface area contributed by atoms with Gasteiger partial charge in [0.1, 0.15) is 0 Å².